The Labute approximate surface area is 221 Å². The minimum atomic E-state index is -0.778. The fourth-order valence-electron chi connectivity index (χ4n) is 5.35. The molecular formula is C30H32FNO4S. The zero-order valence-corrected chi connectivity index (χ0v) is 22.2. The highest BCUT2D eigenvalue weighted by Gasteiger charge is 2.35. The van der Waals surface area contributed by atoms with Crippen molar-refractivity contribution in [3.05, 3.63) is 71.2 Å². The minimum absolute atomic E-state index is 0.00275. The Morgan fingerprint density at radius 2 is 2.03 bits per heavy atom. The molecule has 0 spiro atoms. The van der Waals surface area contributed by atoms with E-state index < -0.39 is 5.97 Å². The van der Waals surface area contributed by atoms with Crippen molar-refractivity contribution in [3.8, 4) is 21.9 Å². The molecule has 3 aromatic rings. The number of nitrogens with zero attached hydrogens (tertiary/aromatic N) is 1. The van der Waals surface area contributed by atoms with Gasteiger partial charge in [0.15, 0.2) is 0 Å². The van der Waals surface area contributed by atoms with Crippen LogP contribution in [0.25, 0.3) is 16.0 Å². The lowest BCUT2D eigenvalue weighted by Gasteiger charge is -2.24. The van der Waals surface area contributed by atoms with Gasteiger partial charge in [-0.25, -0.2) is 4.39 Å². The number of rotatable bonds is 10. The fraction of sp³-hybridized carbons (Fsp3) is 0.400. The second kappa shape index (κ2) is 10.3. The molecular weight excluding hydrogens is 489 g/mol. The third kappa shape index (κ3) is 5.42. The van der Waals surface area contributed by atoms with Crippen LogP contribution >= 0.6 is 11.5 Å². The normalized spacial score (nSPS) is 17.4. The molecule has 2 aliphatic rings. The van der Waals surface area contributed by atoms with Crippen LogP contribution in [0.2, 0.25) is 0 Å². The van der Waals surface area contributed by atoms with Crippen molar-refractivity contribution in [2.45, 2.75) is 58.5 Å². The summed E-state index contributed by atoms with van der Waals surface area (Å²) >= 11 is 1.28. The van der Waals surface area contributed by atoms with E-state index in [1.807, 2.05) is 24.3 Å². The van der Waals surface area contributed by atoms with Gasteiger partial charge in [-0.1, -0.05) is 32.1 Å². The minimum Gasteiger partial charge on any atom is -0.497 e. The molecule has 194 valence electrons. The second-order valence-electron chi connectivity index (χ2n) is 10.6. The Hall–Kier alpha value is -3.19. The van der Waals surface area contributed by atoms with Crippen LogP contribution in [0.3, 0.4) is 0 Å². The number of aliphatic carboxylic acids is 1. The number of aromatic nitrogens is 1. The van der Waals surface area contributed by atoms with Crippen molar-refractivity contribution >= 4 is 23.1 Å². The van der Waals surface area contributed by atoms with Crippen LogP contribution in [0.15, 0.2) is 48.5 Å². The molecule has 2 aromatic carbocycles. The number of hydrogen-bond acceptors (Lipinski definition) is 5. The number of carboxylic acids is 1. The highest BCUT2D eigenvalue weighted by Crippen LogP contribution is 2.50. The SMILES string of the molecule is COc1ccc(F)c(-c2snc(COc3cccc(C(CC(=O)O)C4CC4)c3)c2C2=CCCC2(C)C)c1. The molecule has 1 atom stereocenters. The molecule has 1 aromatic heterocycles. The number of carboxylic acid groups (broad SMARTS) is 1. The number of halogens is 1. The van der Waals surface area contributed by atoms with Crippen LogP contribution < -0.4 is 9.47 Å². The van der Waals surface area contributed by atoms with Crippen LogP contribution in [-0.2, 0) is 11.4 Å². The first-order valence-electron chi connectivity index (χ1n) is 12.7. The van der Waals surface area contributed by atoms with Gasteiger partial charge in [0.05, 0.1) is 24.1 Å². The van der Waals surface area contributed by atoms with Crippen molar-refractivity contribution < 1.29 is 23.8 Å². The molecule has 0 amide bonds. The number of hydrogen-bond donors (Lipinski definition) is 1. The molecule has 1 unspecified atom stereocenters. The maximum Gasteiger partial charge on any atom is 0.303 e. The standard InChI is InChI=1S/C30H32FNO4S/c1-30(2)13-5-8-24(30)28-26(32-37-29(28)23-15-20(35-3)11-12-25(23)31)17-36-21-7-4-6-19(14-21)22(16-27(33)34)18-9-10-18/h4,6-8,11-12,14-15,18,22H,5,9-10,13,16-17H2,1-3H3,(H,33,34). The highest BCUT2D eigenvalue weighted by molar-refractivity contribution is 7.10. The van der Waals surface area contributed by atoms with E-state index in [-0.39, 0.29) is 30.2 Å². The van der Waals surface area contributed by atoms with Crippen molar-refractivity contribution in [1.29, 1.82) is 0 Å². The first-order valence-corrected chi connectivity index (χ1v) is 13.5. The summed E-state index contributed by atoms with van der Waals surface area (Å²) < 4.78 is 31.4. The molecule has 5 rings (SSSR count). The van der Waals surface area contributed by atoms with E-state index in [2.05, 4.69) is 19.9 Å². The van der Waals surface area contributed by atoms with Crippen LogP contribution in [0, 0.1) is 17.2 Å². The number of methoxy groups -OCH3 is 1. The second-order valence-corrected chi connectivity index (χ2v) is 11.4. The maximum absolute atomic E-state index is 15.0. The van der Waals surface area contributed by atoms with Crippen LogP contribution in [0.4, 0.5) is 4.39 Å². The lowest BCUT2D eigenvalue weighted by atomic mass is 9.81. The van der Waals surface area contributed by atoms with Gasteiger partial charge in [-0.2, -0.15) is 4.37 Å². The van der Waals surface area contributed by atoms with Crippen molar-refractivity contribution in [3.63, 3.8) is 0 Å². The summed E-state index contributed by atoms with van der Waals surface area (Å²) in [5.74, 6) is 0.612. The molecule has 0 bridgehead atoms. The van der Waals surface area contributed by atoms with E-state index in [0.29, 0.717) is 23.0 Å². The fourth-order valence-corrected chi connectivity index (χ4v) is 6.27. The summed E-state index contributed by atoms with van der Waals surface area (Å²) in [6.07, 6.45) is 6.49. The van der Waals surface area contributed by atoms with E-state index >= 15 is 4.39 Å². The van der Waals surface area contributed by atoms with Crippen LogP contribution in [0.1, 0.15) is 68.7 Å². The van der Waals surface area contributed by atoms with E-state index in [4.69, 9.17) is 13.8 Å². The first-order chi connectivity index (χ1) is 17.8. The number of ether oxygens (including phenoxy) is 2. The van der Waals surface area contributed by atoms with Gasteiger partial charge in [-0.3, -0.25) is 4.79 Å². The number of carbonyl (C=O) groups is 1. The van der Waals surface area contributed by atoms with Crippen molar-refractivity contribution in [1.82, 2.24) is 4.37 Å². The van der Waals surface area contributed by atoms with Crippen LogP contribution in [-0.4, -0.2) is 22.6 Å². The van der Waals surface area contributed by atoms with E-state index in [9.17, 15) is 9.90 Å². The molecule has 37 heavy (non-hydrogen) atoms. The van der Waals surface area contributed by atoms with Gasteiger partial charge in [0.25, 0.3) is 0 Å². The monoisotopic (exact) mass is 521 g/mol. The predicted octanol–water partition coefficient (Wildman–Crippen LogP) is 7.71. The Kier molecular flexibility index (Phi) is 7.08. The summed E-state index contributed by atoms with van der Waals surface area (Å²) in [5.41, 5.74) is 4.30. The molecule has 2 aliphatic carbocycles. The Morgan fingerprint density at radius 1 is 1.22 bits per heavy atom. The summed E-state index contributed by atoms with van der Waals surface area (Å²) in [6, 6.07) is 12.5. The van der Waals surface area contributed by atoms with Gasteiger partial charge >= 0.3 is 5.97 Å². The zero-order chi connectivity index (χ0) is 26.2. The maximum atomic E-state index is 15.0. The van der Waals surface area contributed by atoms with Gasteiger partial charge in [-0.15, -0.1) is 0 Å². The third-order valence-electron chi connectivity index (χ3n) is 7.54. The molecule has 1 N–H and O–H groups in total. The summed E-state index contributed by atoms with van der Waals surface area (Å²) in [5, 5.41) is 9.39. The van der Waals surface area contributed by atoms with Crippen molar-refractivity contribution in [2.75, 3.05) is 7.11 Å². The summed E-state index contributed by atoms with van der Waals surface area (Å²) in [6.45, 7) is 4.66. The van der Waals surface area contributed by atoms with Crippen molar-refractivity contribution in [2.24, 2.45) is 11.3 Å². The average molecular weight is 522 g/mol. The average Bonchev–Trinajstić information content (AvgIpc) is 3.54. The zero-order valence-electron chi connectivity index (χ0n) is 21.4. The lowest BCUT2D eigenvalue weighted by Crippen LogP contribution is -2.11. The molecule has 0 aliphatic heterocycles. The Balaban J connectivity index is 1.47. The highest BCUT2D eigenvalue weighted by atomic mass is 32.1. The first kappa shape index (κ1) is 25.5. The number of benzene rings is 2. The lowest BCUT2D eigenvalue weighted by molar-refractivity contribution is -0.137. The molecule has 7 heteroatoms. The molecule has 0 saturated heterocycles. The Bertz CT molecular complexity index is 1340. The summed E-state index contributed by atoms with van der Waals surface area (Å²) in [7, 11) is 1.57. The molecule has 0 radical (unpaired) electrons. The van der Waals surface area contributed by atoms with Gasteiger partial charge in [0.1, 0.15) is 23.9 Å². The molecule has 5 nitrogen and oxygen atoms in total. The van der Waals surface area contributed by atoms with Gasteiger partial charge in [0.2, 0.25) is 0 Å². The third-order valence-corrected chi connectivity index (χ3v) is 8.46. The smallest absolute Gasteiger partial charge is 0.303 e. The summed E-state index contributed by atoms with van der Waals surface area (Å²) in [4.78, 5) is 12.2. The predicted molar refractivity (Wildman–Crippen MR) is 144 cm³/mol. The van der Waals surface area contributed by atoms with E-state index in [1.54, 1.807) is 19.2 Å². The van der Waals surface area contributed by atoms with Crippen LogP contribution in [0.5, 0.6) is 11.5 Å². The van der Waals surface area contributed by atoms with Gasteiger partial charge < -0.3 is 14.6 Å². The van der Waals surface area contributed by atoms with Gasteiger partial charge in [-0.05, 0) is 95.9 Å². The molecule has 1 heterocycles. The van der Waals surface area contributed by atoms with Gasteiger partial charge in [0, 0.05) is 11.1 Å². The van der Waals surface area contributed by atoms with E-state index in [0.717, 1.165) is 47.4 Å². The largest absolute Gasteiger partial charge is 0.497 e. The van der Waals surface area contributed by atoms with E-state index in [1.165, 1.54) is 23.2 Å². The quantitative estimate of drug-likeness (QED) is 0.296. The Morgan fingerprint density at radius 3 is 2.70 bits per heavy atom. The topological polar surface area (TPSA) is 68.7 Å². The molecule has 1 saturated carbocycles. The molecule has 1 fully saturated rings. The number of allylic oxidation sites excluding steroid dienone is 2.